The summed E-state index contributed by atoms with van der Waals surface area (Å²) in [6.45, 7) is 12.5. The van der Waals surface area contributed by atoms with E-state index in [1.807, 2.05) is 6.26 Å². The Morgan fingerprint density at radius 1 is 1.48 bits per heavy atom. The van der Waals surface area contributed by atoms with Gasteiger partial charge in [0.2, 0.25) is 0 Å². The largest absolute Gasteiger partial charge is 0.396 e. The van der Waals surface area contributed by atoms with Crippen LogP contribution in [-0.2, 0) is 4.79 Å². The third-order valence-corrected chi connectivity index (χ3v) is 4.61. The van der Waals surface area contributed by atoms with Gasteiger partial charge in [-0.15, -0.1) is 0 Å². The summed E-state index contributed by atoms with van der Waals surface area (Å²) < 4.78 is 0. The maximum Gasteiger partial charge on any atom is 0.142 e. The lowest BCUT2D eigenvalue weighted by Crippen LogP contribution is -2.36. The molecular weight excluding hydrogens is 330 g/mol. The van der Waals surface area contributed by atoms with Crippen LogP contribution >= 0.6 is 23.4 Å². The van der Waals surface area contributed by atoms with E-state index in [-0.39, 0.29) is 0 Å². The van der Waals surface area contributed by atoms with E-state index in [1.165, 1.54) is 5.57 Å². The number of nitrogens with zero attached hydrogens (tertiary/aromatic N) is 1. The Balaban J connectivity index is 0.000000841. The number of carbonyl (C=O) groups excluding carboxylic acids is 1. The van der Waals surface area contributed by atoms with E-state index >= 15 is 0 Å². The Bertz CT molecular complexity index is 444. The molecular formula is C18H28ClNO2S. The minimum Gasteiger partial charge on any atom is -0.396 e. The predicted octanol–water partition coefficient (Wildman–Crippen LogP) is 3.66. The molecule has 5 heteroatoms. The highest BCUT2D eigenvalue weighted by atomic mass is 35.5. The van der Waals surface area contributed by atoms with E-state index in [0.29, 0.717) is 17.6 Å². The summed E-state index contributed by atoms with van der Waals surface area (Å²) in [6, 6.07) is 0. The van der Waals surface area contributed by atoms with Gasteiger partial charge in [-0.2, -0.15) is 11.8 Å². The number of aldehydes is 1. The van der Waals surface area contributed by atoms with Gasteiger partial charge in [-0.25, -0.2) is 0 Å². The minimum atomic E-state index is 0.307. The molecule has 0 aromatic carbocycles. The fourth-order valence-electron chi connectivity index (χ4n) is 2.19. The Morgan fingerprint density at radius 2 is 2.17 bits per heavy atom. The smallest absolute Gasteiger partial charge is 0.142 e. The van der Waals surface area contributed by atoms with Gasteiger partial charge in [0.1, 0.15) is 6.29 Å². The minimum absolute atomic E-state index is 0.307. The number of rotatable bonds is 7. The highest BCUT2D eigenvalue weighted by molar-refractivity contribution is 7.98. The number of aliphatic hydroxyl groups excluding tert-OH is 1. The fourth-order valence-corrected chi connectivity index (χ4v) is 2.51. The van der Waals surface area contributed by atoms with E-state index in [4.69, 9.17) is 16.7 Å². The molecule has 0 aromatic rings. The molecule has 1 fully saturated rings. The summed E-state index contributed by atoms with van der Waals surface area (Å²) in [5.74, 6) is 1.34. The molecule has 1 N–H and O–H groups in total. The second-order valence-electron chi connectivity index (χ2n) is 5.28. The molecule has 0 amide bonds. The summed E-state index contributed by atoms with van der Waals surface area (Å²) in [5.41, 5.74) is 2.17. The van der Waals surface area contributed by atoms with Crippen molar-refractivity contribution < 1.29 is 9.90 Å². The summed E-state index contributed by atoms with van der Waals surface area (Å²) in [4.78, 5) is 12.9. The predicted molar refractivity (Wildman–Crippen MR) is 103 cm³/mol. The van der Waals surface area contributed by atoms with Crippen molar-refractivity contribution in [3.05, 3.63) is 47.6 Å². The zero-order chi connectivity index (χ0) is 17.7. The molecule has 3 nitrogen and oxygen atoms in total. The van der Waals surface area contributed by atoms with Crippen molar-refractivity contribution in [1.29, 1.82) is 0 Å². The summed E-state index contributed by atoms with van der Waals surface area (Å²) in [5, 5.41) is 8.69. The average Bonchev–Trinajstić information content (AvgIpc) is 2.56. The van der Waals surface area contributed by atoms with Gasteiger partial charge >= 0.3 is 0 Å². The zero-order valence-electron chi connectivity index (χ0n) is 14.1. The van der Waals surface area contributed by atoms with Crippen LogP contribution in [0.5, 0.6) is 0 Å². The molecule has 23 heavy (non-hydrogen) atoms. The molecule has 1 rings (SSSR count). The van der Waals surface area contributed by atoms with Gasteiger partial charge in [0.05, 0.1) is 6.61 Å². The van der Waals surface area contributed by atoms with E-state index in [0.717, 1.165) is 43.7 Å². The standard InChI is InChI=1S/C15H20ClNO.C3H8OS/c1-4-13(15(16)5-2)10-17-8-6-12(3)14(11-17)7-9-18;1-5-3-2-4/h4-5,7,9,12H,1-2,6,8,10-11H2,3H3;4H,2-3H2,1H3/b14-7-,15-13-;. The topological polar surface area (TPSA) is 40.5 Å². The van der Waals surface area contributed by atoms with Crippen LogP contribution in [0.15, 0.2) is 47.6 Å². The average molecular weight is 358 g/mol. The lowest BCUT2D eigenvalue weighted by Gasteiger charge is -2.32. The first-order valence-corrected chi connectivity index (χ1v) is 9.41. The lowest BCUT2D eigenvalue weighted by atomic mass is 9.92. The van der Waals surface area contributed by atoms with Crippen LogP contribution in [0.4, 0.5) is 0 Å². The van der Waals surface area contributed by atoms with Gasteiger partial charge in [0.15, 0.2) is 0 Å². The molecule has 0 saturated carbocycles. The van der Waals surface area contributed by atoms with Crippen molar-refractivity contribution in [3.8, 4) is 0 Å². The van der Waals surface area contributed by atoms with Crippen molar-refractivity contribution in [3.63, 3.8) is 0 Å². The van der Waals surface area contributed by atoms with E-state index < -0.39 is 0 Å². The van der Waals surface area contributed by atoms with Gasteiger partial charge in [-0.1, -0.05) is 49.4 Å². The highest BCUT2D eigenvalue weighted by Gasteiger charge is 2.20. The van der Waals surface area contributed by atoms with Gasteiger partial charge < -0.3 is 5.11 Å². The summed E-state index contributed by atoms with van der Waals surface area (Å²) >= 11 is 7.72. The van der Waals surface area contributed by atoms with Crippen LogP contribution in [0.2, 0.25) is 0 Å². The van der Waals surface area contributed by atoms with Crippen LogP contribution in [0.1, 0.15) is 13.3 Å². The quantitative estimate of drug-likeness (QED) is 0.429. The third-order valence-electron chi connectivity index (χ3n) is 3.62. The van der Waals surface area contributed by atoms with Gasteiger partial charge in [0, 0.05) is 23.9 Å². The van der Waals surface area contributed by atoms with Gasteiger partial charge in [-0.05, 0) is 36.8 Å². The van der Waals surface area contributed by atoms with Crippen molar-refractivity contribution >= 4 is 29.6 Å². The van der Waals surface area contributed by atoms with E-state index in [1.54, 1.807) is 30.0 Å². The first-order valence-electron chi connectivity index (χ1n) is 7.63. The first-order chi connectivity index (χ1) is 11.0. The molecule has 1 aliphatic heterocycles. The zero-order valence-corrected chi connectivity index (χ0v) is 15.7. The Hall–Kier alpha value is -0.810. The first kappa shape index (κ1) is 22.2. The SMILES string of the molecule is C=C/C(Cl)=C(\C=C)CN1CCC(C)/C(=C\C=O)C1.CSCCO. The number of thioether (sulfide) groups is 1. The third kappa shape index (κ3) is 9.16. The summed E-state index contributed by atoms with van der Waals surface area (Å²) in [7, 11) is 0. The normalized spacial score (nSPS) is 21.0. The molecule has 1 aliphatic rings. The fraction of sp³-hybridized carbons (Fsp3) is 0.500. The van der Waals surface area contributed by atoms with E-state index in [9.17, 15) is 4.79 Å². The number of piperidine rings is 1. The van der Waals surface area contributed by atoms with Crippen molar-refractivity contribution in [2.24, 2.45) is 5.92 Å². The maximum atomic E-state index is 10.6. The lowest BCUT2D eigenvalue weighted by molar-refractivity contribution is -0.104. The number of carbonyl (C=O) groups is 1. The second kappa shape index (κ2) is 13.6. The van der Waals surface area contributed by atoms with Crippen molar-refractivity contribution in [1.82, 2.24) is 4.90 Å². The monoisotopic (exact) mass is 357 g/mol. The van der Waals surface area contributed by atoms with Crippen molar-refractivity contribution in [2.75, 3.05) is 38.2 Å². The van der Waals surface area contributed by atoms with Crippen molar-refractivity contribution in [2.45, 2.75) is 13.3 Å². The molecule has 0 aromatic heterocycles. The number of halogens is 1. The van der Waals surface area contributed by atoms with Gasteiger partial charge in [0.25, 0.3) is 0 Å². The summed E-state index contributed by atoms with van der Waals surface area (Å²) in [6.07, 6.45) is 8.99. The second-order valence-corrected chi connectivity index (χ2v) is 6.67. The Morgan fingerprint density at radius 3 is 2.61 bits per heavy atom. The molecule has 0 bridgehead atoms. The Kier molecular flexibility index (Phi) is 13.1. The number of allylic oxidation sites excluding steroid dienone is 3. The Labute approximate surface area is 149 Å². The number of hydrogen-bond donors (Lipinski definition) is 1. The highest BCUT2D eigenvalue weighted by Crippen LogP contribution is 2.23. The number of likely N-dealkylation sites (tertiary alicyclic amines) is 1. The molecule has 0 aliphatic carbocycles. The molecule has 0 spiro atoms. The van der Waals surface area contributed by atoms with Crippen LogP contribution in [0.3, 0.4) is 0 Å². The number of aliphatic hydroxyl groups is 1. The number of hydrogen-bond acceptors (Lipinski definition) is 4. The molecule has 130 valence electrons. The molecule has 1 atom stereocenters. The molecule has 0 radical (unpaired) electrons. The molecule has 1 unspecified atom stereocenters. The maximum absolute atomic E-state index is 10.6. The van der Waals surface area contributed by atoms with Crippen LogP contribution in [0, 0.1) is 5.92 Å². The van der Waals surface area contributed by atoms with Crippen LogP contribution < -0.4 is 0 Å². The van der Waals surface area contributed by atoms with Gasteiger partial charge in [-0.3, -0.25) is 9.69 Å². The molecule has 1 heterocycles. The van der Waals surface area contributed by atoms with E-state index in [2.05, 4.69) is 25.0 Å². The van der Waals surface area contributed by atoms with Crippen LogP contribution in [0.25, 0.3) is 0 Å². The molecule has 1 saturated heterocycles. The van der Waals surface area contributed by atoms with Crippen LogP contribution in [-0.4, -0.2) is 54.5 Å².